The lowest BCUT2D eigenvalue weighted by molar-refractivity contribution is -0.121. The number of furan rings is 1. The molecule has 3 amide bonds. The van der Waals surface area contributed by atoms with Crippen molar-refractivity contribution in [2.24, 2.45) is 5.92 Å². The number of hydrogen-bond acceptors (Lipinski definition) is 4. The van der Waals surface area contributed by atoms with Gasteiger partial charge in [0.15, 0.2) is 5.76 Å². The Morgan fingerprint density at radius 2 is 1.89 bits per heavy atom. The minimum Gasteiger partial charge on any atom is -0.459 e. The Labute approximate surface area is 163 Å². The summed E-state index contributed by atoms with van der Waals surface area (Å²) in [6.07, 6.45) is 7.72. The number of terminal acetylenes is 1. The van der Waals surface area contributed by atoms with Crippen molar-refractivity contribution in [3.63, 3.8) is 0 Å². The fourth-order valence-electron chi connectivity index (χ4n) is 3.15. The average Bonchev–Trinajstić information content (AvgIpc) is 3.27. The van der Waals surface area contributed by atoms with Crippen LogP contribution in [0.4, 0.5) is 5.69 Å². The monoisotopic (exact) mass is 379 g/mol. The molecule has 1 fully saturated rings. The van der Waals surface area contributed by atoms with Crippen LogP contribution in [-0.4, -0.2) is 42.3 Å². The summed E-state index contributed by atoms with van der Waals surface area (Å²) >= 11 is 0. The highest BCUT2D eigenvalue weighted by atomic mass is 16.3. The maximum Gasteiger partial charge on any atom is 0.289 e. The Kier molecular flexibility index (Phi) is 6.12. The first kappa shape index (κ1) is 19.2. The molecule has 2 aromatic rings. The third kappa shape index (κ3) is 4.41. The van der Waals surface area contributed by atoms with Gasteiger partial charge in [-0.1, -0.05) is 18.1 Å². The third-order valence-corrected chi connectivity index (χ3v) is 4.67. The standard InChI is InChI=1S/C21H21N3O4/c1-2-11-22-20(26)16-6-3-4-7-17(16)23-19(25)15-9-12-24(13-10-15)21(27)18-8-5-14-28-18/h1,3-8,14-15H,9-13H2,(H,22,26)(H,23,25). The fourth-order valence-corrected chi connectivity index (χ4v) is 3.15. The maximum atomic E-state index is 12.7. The number of carbonyl (C=O) groups excluding carboxylic acids is 3. The lowest BCUT2D eigenvalue weighted by Gasteiger charge is -2.30. The molecular weight excluding hydrogens is 358 g/mol. The predicted molar refractivity (Wildman–Crippen MR) is 104 cm³/mol. The van der Waals surface area contributed by atoms with E-state index in [0.717, 1.165) is 0 Å². The molecule has 0 atom stereocenters. The largest absolute Gasteiger partial charge is 0.459 e. The maximum absolute atomic E-state index is 12.7. The molecule has 7 nitrogen and oxygen atoms in total. The van der Waals surface area contributed by atoms with E-state index < -0.39 is 0 Å². The molecule has 0 aliphatic carbocycles. The summed E-state index contributed by atoms with van der Waals surface area (Å²) in [5, 5.41) is 5.43. The van der Waals surface area contributed by atoms with E-state index in [4.69, 9.17) is 10.8 Å². The summed E-state index contributed by atoms with van der Waals surface area (Å²) in [6, 6.07) is 10.1. The number of amides is 3. The van der Waals surface area contributed by atoms with Gasteiger partial charge >= 0.3 is 0 Å². The van der Waals surface area contributed by atoms with E-state index in [1.807, 2.05) is 0 Å². The number of nitrogens with one attached hydrogen (secondary N) is 2. The molecule has 28 heavy (non-hydrogen) atoms. The molecule has 144 valence electrons. The minimum atomic E-state index is -0.340. The predicted octanol–water partition coefficient (Wildman–Crippen LogP) is 2.13. The SMILES string of the molecule is C#CCNC(=O)c1ccccc1NC(=O)C1CCN(C(=O)c2ccco2)CC1. The molecule has 1 aliphatic rings. The molecule has 2 N–H and O–H groups in total. The van der Waals surface area contributed by atoms with Gasteiger partial charge < -0.3 is 20.0 Å². The zero-order chi connectivity index (χ0) is 19.9. The van der Waals surface area contributed by atoms with Gasteiger partial charge in [-0.2, -0.15) is 0 Å². The lowest BCUT2D eigenvalue weighted by atomic mass is 9.95. The van der Waals surface area contributed by atoms with Crippen molar-refractivity contribution in [2.75, 3.05) is 25.0 Å². The first-order chi connectivity index (χ1) is 13.6. The second-order valence-electron chi connectivity index (χ2n) is 6.47. The Hall–Kier alpha value is -3.53. The van der Waals surface area contributed by atoms with Crippen molar-refractivity contribution in [3.8, 4) is 12.3 Å². The quantitative estimate of drug-likeness (QED) is 0.779. The lowest BCUT2D eigenvalue weighted by Crippen LogP contribution is -2.41. The van der Waals surface area contributed by atoms with Crippen LogP contribution in [0.2, 0.25) is 0 Å². The summed E-state index contributed by atoms with van der Waals surface area (Å²) < 4.78 is 5.14. The molecule has 0 radical (unpaired) electrons. The van der Waals surface area contributed by atoms with Gasteiger partial charge in [-0.05, 0) is 37.1 Å². The van der Waals surface area contributed by atoms with Gasteiger partial charge in [0.05, 0.1) is 24.1 Å². The molecular formula is C21H21N3O4. The number of likely N-dealkylation sites (tertiary alicyclic amines) is 1. The third-order valence-electron chi connectivity index (χ3n) is 4.67. The number of nitrogens with zero attached hydrogens (tertiary/aromatic N) is 1. The van der Waals surface area contributed by atoms with E-state index in [0.29, 0.717) is 42.9 Å². The average molecular weight is 379 g/mol. The number of piperidine rings is 1. The Morgan fingerprint density at radius 3 is 2.57 bits per heavy atom. The highest BCUT2D eigenvalue weighted by molar-refractivity contribution is 6.04. The summed E-state index contributed by atoms with van der Waals surface area (Å²) in [4.78, 5) is 38.9. The van der Waals surface area contributed by atoms with Crippen LogP contribution in [0.1, 0.15) is 33.8 Å². The smallest absolute Gasteiger partial charge is 0.289 e. The van der Waals surface area contributed by atoms with Crippen LogP contribution in [0.15, 0.2) is 47.1 Å². The fraction of sp³-hybridized carbons (Fsp3) is 0.286. The molecule has 0 spiro atoms. The van der Waals surface area contributed by atoms with E-state index in [9.17, 15) is 14.4 Å². The number of para-hydroxylation sites is 1. The first-order valence-electron chi connectivity index (χ1n) is 9.04. The van der Waals surface area contributed by atoms with E-state index in [1.165, 1.54) is 6.26 Å². The number of benzene rings is 1. The Bertz CT molecular complexity index is 891. The summed E-state index contributed by atoms with van der Waals surface area (Å²) in [5.74, 6) is 1.74. The minimum absolute atomic E-state index is 0.114. The van der Waals surface area contributed by atoms with Crippen LogP contribution in [0.3, 0.4) is 0 Å². The molecule has 1 aromatic heterocycles. The molecule has 0 unspecified atom stereocenters. The van der Waals surface area contributed by atoms with Crippen LogP contribution in [0, 0.1) is 18.3 Å². The Morgan fingerprint density at radius 1 is 1.14 bits per heavy atom. The van der Waals surface area contributed by atoms with E-state index in [1.54, 1.807) is 41.3 Å². The highest BCUT2D eigenvalue weighted by Crippen LogP contribution is 2.22. The van der Waals surface area contributed by atoms with Crippen LogP contribution in [0.25, 0.3) is 0 Å². The Balaban J connectivity index is 1.59. The van der Waals surface area contributed by atoms with Crippen LogP contribution in [-0.2, 0) is 4.79 Å². The van der Waals surface area contributed by atoms with Crippen molar-refractivity contribution in [2.45, 2.75) is 12.8 Å². The van der Waals surface area contributed by atoms with Crippen molar-refractivity contribution >= 4 is 23.4 Å². The summed E-state index contributed by atoms with van der Waals surface area (Å²) in [5.41, 5.74) is 0.799. The second kappa shape index (κ2) is 8.91. The second-order valence-corrected chi connectivity index (χ2v) is 6.47. The summed E-state index contributed by atoms with van der Waals surface area (Å²) in [7, 11) is 0. The van der Waals surface area contributed by atoms with Gasteiger partial charge in [-0.25, -0.2) is 0 Å². The number of hydrogen-bond donors (Lipinski definition) is 2. The zero-order valence-corrected chi connectivity index (χ0v) is 15.3. The van der Waals surface area contributed by atoms with Crippen molar-refractivity contribution < 1.29 is 18.8 Å². The summed E-state index contributed by atoms with van der Waals surface area (Å²) in [6.45, 7) is 1.06. The van der Waals surface area contributed by atoms with E-state index in [2.05, 4.69) is 16.6 Å². The molecule has 1 aliphatic heterocycles. The molecule has 1 saturated heterocycles. The van der Waals surface area contributed by atoms with Gasteiger partial charge in [0.2, 0.25) is 5.91 Å². The van der Waals surface area contributed by atoms with Gasteiger partial charge in [-0.15, -0.1) is 6.42 Å². The van der Waals surface area contributed by atoms with E-state index in [-0.39, 0.29) is 30.2 Å². The van der Waals surface area contributed by atoms with Gasteiger partial charge in [0, 0.05) is 19.0 Å². The molecule has 2 heterocycles. The number of rotatable bonds is 5. The van der Waals surface area contributed by atoms with Crippen LogP contribution >= 0.6 is 0 Å². The van der Waals surface area contributed by atoms with E-state index >= 15 is 0 Å². The zero-order valence-electron chi connectivity index (χ0n) is 15.3. The van der Waals surface area contributed by atoms with Crippen molar-refractivity contribution in [1.29, 1.82) is 0 Å². The van der Waals surface area contributed by atoms with Crippen LogP contribution < -0.4 is 10.6 Å². The number of carbonyl (C=O) groups is 3. The topological polar surface area (TPSA) is 91.7 Å². The van der Waals surface area contributed by atoms with Gasteiger partial charge in [-0.3, -0.25) is 14.4 Å². The number of anilines is 1. The first-order valence-corrected chi connectivity index (χ1v) is 9.04. The van der Waals surface area contributed by atoms with Crippen LogP contribution in [0.5, 0.6) is 0 Å². The molecule has 3 rings (SSSR count). The molecule has 0 bridgehead atoms. The van der Waals surface area contributed by atoms with Crippen molar-refractivity contribution in [3.05, 3.63) is 54.0 Å². The molecule has 0 saturated carbocycles. The highest BCUT2D eigenvalue weighted by Gasteiger charge is 2.29. The van der Waals surface area contributed by atoms with Crippen molar-refractivity contribution in [1.82, 2.24) is 10.2 Å². The molecule has 7 heteroatoms. The van der Waals surface area contributed by atoms with Gasteiger partial charge in [0.1, 0.15) is 0 Å². The normalized spacial score (nSPS) is 14.2. The van der Waals surface area contributed by atoms with Gasteiger partial charge in [0.25, 0.3) is 11.8 Å². The molecule has 1 aromatic carbocycles.